The normalized spacial score (nSPS) is 31.0. The minimum atomic E-state index is -0.679. The van der Waals surface area contributed by atoms with Crippen LogP contribution < -0.4 is 0 Å². The summed E-state index contributed by atoms with van der Waals surface area (Å²) in [5, 5.41) is 9.10. The van der Waals surface area contributed by atoms with E-state index in [1.54, 1.807) is 4.90 Å². The van der Waals surface area contributed by atoms with Gasteiger partial charge in [0.25, 0.3) is 0 Å². The van der Waals surface area contributed by atoms with Crippen molar-refractivity contribution in [2.24, 2.45) is 17.3 Å². The number of rotatable bonds is 2. The lowest BCUT2D eigenvalue weighted by Crippen LogP contribution is -2.43. The van der Waals surface area contributed by atoms with Gasteiger partial charge in [-0.15, -0.1) is 0 Å². The molecule has 1 saturated heterocycles. The predicted molar refractivity (Wildman–Crippen MR) is 74.4 cm³/mol. The highest BCUT2D eigenvalue weighted by Crippen LogP contribution is 2.60. The summed E-state index contributed by atoms with van der Waals surface area (Å²) in [4.78, 5) is 24.8. The fraction of sp³-hybridized carbons (Fsp3) is 0.867. The van der Waals surface area contributed by atoms with Gasteiger partial charge in [0, 0.05) is 13.1 Å². The van der Waals surface area contributed by atoms with Crippen LogP contribution in [-0.4, -0.2) is 40.8 Å². The van der Waals surface area contributed by atoms with Crippen LogP contribution in [0.5, 0.6) is 0 Å². The molecule has 0 aromatic rings. The third-order valence-corrected chi connectivity index (χ3v) is 4.66. The number of likely N-dealkylation sites (tertiary alicyclic amines) is 1. The third kappa shape index (κ3) is 3.07. The van der Waals surface area contributed by atoms with Gasteiger partial charge in [0.05, 0.1) is 5.92 Å². The van der Waals surface area contributed by atoms with Gasteiger partial charge in [-0.2, -0.15) is 0 Å². The number of carboxylic acids is 1. The molecule has 1 aliphatic carbocycles. The number of carbonyl (C=O) groups is 2. The minimum absolute atomic E-state index is 0.0636. The maximum Gasteiger partial charge on any atom is 0.410 e. The molecule has 1 saturated carbocycles. The van der Waals surface area contributed by atoms with E-state index in [9.17, 15) is 9.59 Å². The summed E-state index contributed by atoms with van der Waals surface area (Å²) in [7, 11) is 0. The predicted octanol–water partition coefficient (Wildman–Crippen LogP) is 2.74. The Morgan fingerprint density at radius 2 is 1.80 bits per heavy atom. The number of ether oxygens (including phenoxy) is 1. The number of carboxylic acid groups (broad SMARTS) is 1. The Kier molecular flexibility index (Phi) is 3.73. The van der Waals surface area contributed by atoms with Crippen molar-refractivity contribution in [3.05, 3.63) is 0 Å². The van der Waals surface area contributed by atoms with E-state index >= 15 is 0 Å². The van der Waals surface area contributed by atoms with Crippen LogP contribution in [0.4, 0.5) is 4.79 Å². The Morgan fingerprint density at radius 1 is 1.25 bits per heavy atom. The van der Waals surface area contributed by atoms with Crippen molar-refractivity contribution in [2.75, 3.05) is 13.1 Å². The fourth-order valence-corrected chi connectivity index (χ4v) is 3.25. The monoisotopic (exact) mass is 283 g/mol. The molecule has 0 unspecified atom stereocenters. The molecule has 0 aromatic carbocycles. The van der Waals surface area contributed by atoms with Crippen LogP contribution in [0.3, 0.4) is 0 Å². The zero-order valence-corrected chi connectivity index (χ0v) is 12.8. The van der Waals surface area contributed by atoms with Crippen LogP contribution in [0.15, 0.2) is 0 Å². The van der Waals surface area contributed by atoms with Gasteiger partial charge in [0.1, 0.15) is 5.60 Å². The van der Waals surface area contributed by atoms with Crippen molar-refractivity contribution in [2.45, 2.75) is 52.6 Å². The number of amides is 1. The zero-order chi connectivity index (χ0) is 15.1. The van der Waals surface area contributed by atoms with Crippen LogP contribution in [-0.2, 0) is 9.53 Å². The van der Waals surface area contributed by atoms with Gasteiger partial charge in [-0.25, -0.2) is 4.79 Å². The van der Waals surface area contributed by atoms with E-state index in [0.29, 0.717) is 19.0 Å². The van der Waals surface area contributed by atoms with Crippen molar-refractivity contribution < 1.29 is 19.4 Å². The number of hydrogen-bond acceptors (Lipinski definition) is 3. The number of nitrogens with zero attached hydrogens (tertiary/aromatic N) is 1. The van der Waals surface area contributed by atoms with Crippen LogP contribution in [0, 0.1) is 17.3 Å². The zero-order valence-electron chi connectivity index (χ0n) is 12.8. The molecule has 2 aliphatic rings. The molecule has 0 spiro atoms. The highest BCUT2D eigenvalue weighted by molar-refractivity contribution is 5.74. The number of piperidine rings is 1. The van der Waals surface area contributed by atoms with E-state index in [1.807, 2.05) is 20.8 Å². The number of carbonyl (C=O) groups excluding carboxylic acids is 1. The highest BCUT2D eigenvalue weighted by atomic mass is 16.6. The number of aliphatic carboxylic acids is 1. The molecule has 2 fully saturated rings. The Labute approximate surface area is 120 Å². The molecule has 1 N–H and O–H groups in total. The topological polar surface area (TPSA) is 66.8 Å². The lowest BCUT2D eigenvalue weighted by atomic mass is 9.81. The molecule has 1 aliphatic heterocycles. The SMILES string of the molecule is CC(C)(C)OC(=O)N1CCC([C@@]2(C)C[C@@H]2C(=O)O)CC1. The van der Waals surface area contributed by atoms with Crippen molar-refractivity contribution in [1.82, 2.24) is 4.90 Å². The van der Waals surface area contributed by atoms with Gasteiger partial charge in [-0.1, -0.05) is 6.92 Å². The molecule has 5 heteroatoms. The molecule has 2 atom stereocenters. The molecule has 0 bridgehead atoms. The molecule has 1 amide bonds. The van der Waals surface area contributed by atoms with Crippen molar-refractivity contribution in [1.29, 1.82) is 0 Å². The first-order chi connectivity index (χ1) is 9.13. The lowest BCUT2D eigenvalue weighted by molar-refractivity contribution is -0.139. The van der Waals surface area contributed by atoms with Gasteiger partial charge in [-0.05, 0) is 51.4 Å². The molecule has 20 heavy (non-hydrogen) atoms. The molecule has 5 nitrogen and oxygen atoms in total. The second-order valence-corrected chi connectivity index (χ2v) is 7.34. The van der Waals surface area contributed by atoms with Gasteiger partial charge in [0.2, 0.25) is 0 Å². The lowest BCUT2D eigenvalue weighted by Gasteiger charge is -2.36. The molecule has 0 radical (unpaired) electrons. The Hall–Kier alpha value is -1.26. The van der Waals surface area contributed by atoms with Crippen LogP contribution >= 0.6 is 0 Å². The van der Waals surface area contributed by atoms with E-state index < -0.39 is 11.6 Å². The van der Waals surface area contributed by atoms with Gasteiger partial charge < -0.3 is 14.7 Å². The summed E-state index contributed by atoms with van der Waals surface area (Å²) in [6.45, 7) is 8.99. The number of hydrogen-bond donors (Lipinski definition) is 1. The Morgan fingerprint density at radius 3 is 2.20 bits per heavy atom. The summed E-state index contributed by atoms with van der Waals surface area (Å²) < 4.78 is 5.37. The van der Waals surface area contributed by atoms with Crippen molar-refractivity contribution in [3.63, 3.8) is 0 Å². The summed E-state index contributed by atoms with van der Waals surface area (Å²) in [6, 6.07) is 0. The van der Waals surface area contributed by atoms with Crippen molar-refractivity contribution in [3.8, 4) is 0 Å². The Bertz CT molecular complexity index is 407. The maximum atomic E-state index is 12.0. The first-order valence-corrected chi connectivity index (χ1v) is 7.34. The van der Waals surface area contributed by atoms with E-state index in [2.05, 4.69) is 6.92 Å². The maximum absolute atomic E-state index is 12.0. The van der Waals surface area contributed by atoms with E-state index in [1.165, 1.54) is 0 Å². The minimum Gasteiger partial charge on any atom is -0.481 e. The van der Waals surface area contributed by atoms with Gasteiger partial charge in [0.15, 0.2) is 0 Å². The standard InChI is InChI=1S/C15H25NO4/c1-14(2,3)20-13(19)16-7-5-10(6-8-16)15(4)9-11(15)12(17)18/h10-11H,5-9H2,1-4H3,(H,17,18)/t11-,15-/m1/s1. The highest BCUT2D eigenvalue weighted by Gasteiger charge is 2.59. The van der Waals surface area contributed by atoms with E-state index in [0.717, 1.165) is 19.3 Å². The summed E-state index contributed by atoms with van der Waals surface area (Å²) in [6.07, 6.45) is 2.27. The van der Waals surface area contributed by atoms with Gasteiger partial charge in [-0.3, -0.25) is 4.79 Å². The average molecular weight is 283 g/mol. The van der Waals surface area contributed by atoms with Crippen LogP contribution in [0.25, 0.3) is 0 Å². The molecular weight excluding hydrogens is 258 g/mol. The van der Waals surface area contributed by atoms with E-state index in [-0.39, 0.29) is 17.4 Å². The summed E-state index contributed by atoms with van der Waals surface area (Å²) in [5.41, 5.74) is -0.531. The molecule has 2 rings (SSSR count). The first-order valence-electron chi connectivity index (χ1n) is 7.34. The average Bonchev–Trinajstić information content (AvgIpc) is 3.01. The van der Waals surface area contributed by atoms with E-state index in [4.69, 9.17) is 9.84 Å². The third-order valence-electron chi connectivity index (χ3n) is 4.66. The summed E-state index contributed by atoms with van der Waals surface area (Å²) in [5.74, 6) is -0.468. The summed E-state index contributed by atoms with van der Waals surface area (Å²) >= 11 is 0. The Balaban J connectivity index is 1.85. The molecule has 0 aromatic heterocycles. The van der Waals surface area contributed by atoms with Crippen LogP contribution in [0.1, 0.15) is 47.0 Å². The second-order valence-electron chi connectivity index (χ2n) is 7.34. The molecule has 1 heterocycles. The molecular formula is C15H25NO4. The molecule has 114 valence electrons. The van der Waals surface area contributed by atoms with Gasteiger partial charge >= 0.3 is 12.1 Å². The van der Waals surface area contributed by atoms with Crippen molar-refractivity contribution >= 4 is 12.1 Å². The fourth-order valence-electron chi connectivity index (χ4n) is 3.25. The smallest absolute Gasteiger partial charge is 0.410 e. The largest absolute Gasteiger partial charge is 0.481 e. The quantitative estimate of drug-likeness (QED) is 0.846. The second kappa shape index (κ2) is 4.93. The van der Waals surface area contributed by atoms with Crippen LogP contribution in [0.2, 0.25) is 0 Å². The first kappa shape index (κ1) is 15.1.